The highest BCUT2D eigenvalue weighted by Crippen LogP contribution is 2.19. The molecule has 0 radical (unpaired) electrons. The zero-order chi connectivity index (χ0) is 13.6. The second kappa shape index (κ2) is 7.01. The summed E-state index contributed by atoms with van der Waals surface area (Å²) in [5.41, 5.74) is 1.86. The number of anilines is 1. The minimum atomic E-state index is -3.63. The van der Waals surface area contributed by atoms with Crippen LogP contribution >= 0.6 is 11.8 Å². The molecule has 6 heteroatoms. The highest BCUT2D eigenvalue weighted by atomic mass is 32.2. The topological polar surface area (TPSA) is 72.2 Å². The predicted molar refractivity (Wildman–Crippen MR) is 78.7 cm³/mol. The van der Waals surface area contributed by atoms with Gasteiger partial charge in [-0.05, 0) is 42.5 Å². The third-order valence-electron chi connectivity index (χ3n) is 2.52. The predicted octanol–water partition coefficient (Wildman–Crippen LogP) is 2.20. The molecule has 3 N–H and O–H groups in total. The summed E-state index contributed by atoms with van der Waals surface area (Å²) in [7, 11) is -3.63. The Hall–Kier alpha value is -0.720. The zero-order valence-electron chi connectivity index (χ0n) is 10.8. The maximum absolute atomic E-state index is 11.3. The number of rotatable bonds is 7. The summed E-state index contributed by atoms with van der Waals surface area (Å²) in [6.45, 7) is 4.91. The number of nitrogens with two attached hydrogens (primary N) is 1. The summed E-state index contributed by atoms with van der Waals surface area (Å²) in [5.74, 6) is 2.23. The van der Waals surface area contributed by atoms with Gasteiger partial charge in [0.2, 0.25) is 10.0 Å². The monoisotopic (exact) mass is 288 g/mol. The van der Waals surface area contributed by atoms with Crippen molar-refractivity contribution in [2.24, 2.45) is 5.14 Å². The van der Waals surface area contributed by atoms with Crippen molar-refractivity contribution in [3.8, 4) is 0 Å². The van der Waals surface area contributed by atoms with E-state index in [1.54, 1.807) is 12.1 Å². The summed E-state index contributed by atoms with van der Waals surface area (Å²) < 4.78 is 22.5. The van der Waals surface area contributed by atoms with Gasteiger partial charge in [-0.1, -0.05) is 13.0 Å². The molecular weight excluding hydrogens is 268 g/mol. The smallest absolute Gasteiger partial charge is 0.238 e. The van der Waals surface area contributed by atoms with Gasteiger partial charge in [0.05, 0.1) is 4.90 Å². The van der Waals surface area contributed by atoms with Crippen LogP contribution in [0.1, 0.15) is 18.9 Å². The summed E-state index contributed by atoms with van der Waals surface area (Å²) in [6, 6.07) is 4.89. The third kappa shape index (κ3) is 4.88. The highest BCUT2D eigenvalue weighted by Gasteiger charge is 2.09. The van der Waals surface area contributed by atoms with E-state index < -0.39 is 10.0 Å². The van der Waals surface area contributed by atoms with Gasteiger partial charge in [-0.2, -0.15) is 11.8 Å². The molecule has 0 bridgehead atoms. The Kier molecular flexibility index (Phi) is 5.98. The van der Waals surface area contributed by atoms with E-state index in [0.29, 0.717) is 0 Å². The number of thioether (sulfide) groups is 1. The van der Waals surface area contributed by atoms with Crippen LogP contribution in [0.5, 0.6) is 0 Å². The van der Waals surface area contributed by atoms with Gasteiger partial charge in [-0.3, -0.25) is 0 Å². The van der Waals surface area contributed by atoms with Crippen LogP contribution in [-0.2, 0) is 10.0 Å². The zero-order valence-corrected chi connectivity index (χ0v) is 12.4. The second-order valence-electron chi connectivity index (χ2n) is 4.00. The van der Waals surface area contributed by atoms with Crippen LogP contribution in [0.25, 0.3) is 0 Å². The lowest BCUT2D eigenvalue weighted by atomic mass is 10.2. The van der Waals surface area contributed by atoms with Gasteiger partial charge in [0.25, 0.3) is 0 Å². The summed E-state index contributed by atoms with van der Waals surface area (Å²) in [6.07, 6.45) is 1.05. The Bertz CT molecular complexity index is 487. The van der Waals surface area contributed by atoms with Gasteiger partial charge in [0, 0.05) is 12.2 Å². The fourth-order valence-corrected chi connectivity index (χ4v) is 2.69. The molecule has 0 amide bonds. The Labute approximate surface area is 113 Å². The van der Waals surface area contributed by atoms with Crippen LogP contribution in [0.3, 0.4) is 0 Å². The number of hydrogen-bond acceptors (Lipinski definition) is 4. The van der Waals surface area contributed by atoms with Gasteiger partial charge in [0.15, 0.2) is 0 Å². The average molecular weight is 288 g/mol. The molecule has 0 aromatic heterocycles. The molecule has 0 atom stereocenters. The first-order valence-electron chi connectivity index (χ1n) is 5.90. The van der Waals surface area contributed by atoms with Gasteiger partial charge in [-0.15, -0.1) is 0 Å². The molecule has 1 rings (SSSR count). The number of aryl methyl sites for hydroxylation is 1. The number of benzene rings is 1. The lowest BCUT2D eigenvalue weighted by Gasteiger charge is -2.10. The molecule has 1 aromatic rings. The van der Waals surface area contributed by atoms with Crippen LogP contribution in [-0.4, -0.2) is 26.5 Å². The van der Waals surface area contributed by atoms with Crippen LogP contribution in [0, 0.1) is 6.92 Å². The largest absolute Gasteiger partial charge is 0.385 e. The fourth-order valence-electron chi connectivity index (χ4n) is 1.51. The van der Waals surface area contributed by atoms with E-state index in [1.807, 2.05) is 18.7 Å². The van der Waals surface area contributed by atoms with Crippen LogP contribution in [0.2, 0.25) is 0 Å². The molecule has 0 saturated carbocycles. The van der Waals surface area contributed by atoms with Gasteiger partial charge >= 0.3 is 0 Å². The molecule has 0 unspecified atom stereocenters. The Balaban J connectivity index is 2.65. The quantitative estimate of drug-likeness (QED) is 0.754. The lowest BCUT2D eigenvalue weighted by molar-refractivity contribution is 0.598. The van der Waals surface area contributed by atoms with E-state index in [4.69, 9.17) is 5.14 Å². The van der Waals surface area contributed by atoms with Crippen LogP contribution < -0.4 is 10.5 Å². The van der Waals surface area contributed by atoms with Crippen molar-refractivity contribution in [2.45, 2.75) is 25.2 Å². The van der Waals surface area contributed by atoms with Crippen LogP contribution in [0.15, 0.2) is 23.1 Å². The first kappa shape index (κ1) is 15.3. The second-order valence-corrected chi connectivity index (χ2v) is 6.95. The molecule has 0 aliphatic carbocycles. The van der Waals surface area contributed by atoms with E-state index in [1.165, 1.54) is 6.07 Å². The molecule has 0 spiro atoms. The molecule has 18 heavy (non-hydrogen) atoms. The molecule has 4 nitrogen and oxygen atoms in total. The Morgan fingerprint density at radius 3 is 2.72 bits per heavy atom. The molecule has 102 valence electrons. The summed E-state index contributed by atoms with van der Waals surface area (Å²) >= 11 is 1.90. The number of sulfonamides is 1. The van der Waals surface area contributed by atoms with Gasteiger partial charge in [-0.25, -0.2) is 13.6 Å². The number of primary sulfonamides is 1. The van der Waals surface area contributed by atoms with Crippen molar-refractivity contribution in [3.63, 3.8) is 0 Å². The van der Waals surface area contributed by atoms with Gasteiger partial charge < -0.3 is 5.32 Å². The van der Waals surface area contributed by atoms with Gasteiger partial charge in [0.1, 0.15) is 0 Å². The summed E-state index contributed by atoms with van der Waals surface area (Å²) in [5, 5.41) is 8.36. The first-order chi connectivity index (χ1) is 8.45. The van der Waals surface area contributed by atoms with E-state index >= 15 is 0 Å². The van der Waals surface area contributed by atoms with Crippen molar-refractivity contribution < 1.29 is 8.42 Å². The van der Waals surface area contributed by atoms with E-state index in [9.17, 15) is 8.42 Å². The third-order valence-corrected chi connectivity index (χ3v) is 4.42. The minimum Gasteiger partial charge on any atom is -0.385 e. The van der Waals surface area contributed by atoms with Crippen molar-refractivity contribution in [1.29, 1.82) is 0 Å². The standard InChI is InChI=1S/C12H20N2O2S2/c1-3-17-8-4-7-14-12-9-11(18(13,15)16)6-5-10(12)2/h5-6,9,14H,3-4,7-8H2,1-2H3,(H2,13,15,16). The number of hydrogen-bond donors (Lipinski definition) is 2. The van der Waals surface area contributed by atoms with Crippen molar-refractivity contribution >= 4 is 27.5 Å². The normalized spacial score (nSPS) is 11.5. The maximum Gasteiger partial charge on any atom is 0.238 e. The SMILES string of the molecule is CCSCCCNc1cc(S(N)(=O)=O)ccc1C. The lowest BCUT2D eigenvalue weighted by Crippen LogP contribution is -2.13. The molecule has 0 fully saturated rings. The highest BCUT2D eigenvalue weighted by molar-refractivity contribution is 7.99. The minimum absolute atomic E-state index is 0.151. The summed E-state index contributed by atoms with van der Waals surface area (Å²) in [4.78, 5) is 0.151. The van der Waals surface area contributed by atoms with Crippen molar-refractivity contribution in [2.75, 3.05) is 23.4 Å². The Morgan fingerprint density at radius 1 is 1.39 bits per heavy atom. The van der Waals surface area contributed by atoms with E-state index in [-0.39, 0.29) is 4.90 Å². The fraction of sp³-hybridized carbons (Fsp3) is 0.500. The van der Waals surface area contributed by atoms with Crippen LogP contribution in [0.4, 0.5) is 5.69 Å². The molecule has 0 saturated heterocycles. The van der Waals surface area contributed by atoms with E-state index in [2.05, 4.69) is 12.2 Å². The van der Waals surface area contributed by atoms with Crippen molar-refractivity contribution in [3.05, 3.63) is 23.8 Å². The molecule has 0 heterocycles. The molecule has 0 aliphatic heterocycles. The molecule has 1 aromatic carbocycles. The Morgan fingerprint density at radius 2 is 2.11 bits per heavy atom. The number of nitrogens with one attached hydrogen (secondary N) is 1. The van der Waals surface area contributed by atoms with Crippen molar-refractivity contribution in [1.82, 2.24) is 0 Å². The molecular formula is C12H20N2O2S2. The average Bonchev–Trinajstić information content (AvgIpc) is 2.29. The maximum atomic E-state index is 11.3. The molecule has 0 aliphatic rings. The van der Waals surface area contributed by atoms with E-state index in [0.717, 1.165) is 35.7 Å². The first-order valence-corrected chi connectivity index (χ1v) is 8.60.